The van der Waals surface area contributed by atoms with Gasteiger partial charge in [-0.15, -0.1) is 23.2 Å². The molecule has 22 heavy (non-hydrogen) atoms. The van der Waals surface area contributed by atoms with Gasteiger partial charge in [0.1, 0.15) is 4.33 Å². The quantitative estimate of drug-likeness (QED) is 0.672. The van der Waals surface area contributed by atoms with Crippen LogP contribution in [0.25, 0.3) is 11.1 Å². The van der Waals surface area contributed by atoms with Gasteiger partial charge in [-0.05, 0) is 54.2 Å². The van der Waals surface area contributed by atoms with E-state index in [2.05, 4.69) is 35.6 Å². The highest BCUT2D eigenvalue weighted by Crippen LogP contribution is 2.64. The molecule has 2 aromatic rings. The summed E-state index contributed by atoms with van der Waals surface area (Å²) >= 11 is 12.1. The van der Waals surface area contributed by atoms with E-state index >= 15 is 0 Å². The fourth-order valence-corrected chi connectivity index (χ4v) is 3.84. The molecule has 1 amide bonds. The van der Waals surface area contributed by atoms with Gasteiger partial charge in [-0.2, -0.15) is 0 Å². The minimum absolute atomic E-state index is 0.118. The summed E-state index contributed by atoms with van der Waals surface area (Å²) in [5, 5.41) is 2.95. The Labute approximate surface area is 139 Å². The van der Waals surface area contributed by atoms with Gasteiger partial charge in [0.25, 0.3) is 0 Å². The van der Waals surface area contributed by atoms with Gasteiger partial charge in [-0.25, -0.2) is 0 Å². The van der Waals surface area contributed by atoms with Crippen molar-refractivity contribution in [2.75, 3.05) is 5.32 Å². The first-order chi connectivity index (χ1) is 10.4. The molecule has 0 aromatic heterocycles. The average Bonchev–Trinajstić information content (AvgIpc) is 2.85. The largest absolute Gasteiger partial charge is 0.326 e. The predicted molar refractivity (Wildman–Crippen MR) is 90.5 cm³/mol. The summed E-state index contributed by atoms with van der Waals surface area (Å²) in [6.45, 7) is 1.80. The van der Waals surface area contributed by atoms with Crippen LogP contribution in [0.2, 0.25) is 0 Å². The van der Waals surface area contributed by atoms with Gasteiger partial charge in [0.15, 0.2) is 0 Å². The number of anilines is 1. The number of alkyl halides is 2. The van der Waals surface area contributed by atoms with Crippen LogP contribution < -0.4 is 5.32 Å². The van der Waals surface area contributed by atoms with Crippen molar-refractivity contribution in [1.29, 1.82) is 0 Å². The molecule has 4 rings (SSSR count). The van der Waals surface area contributed by atoms with Crippen molar-refractivity contribution in [3.05, 3.63) is 53.6 Å². The number of hydrogen-bond donors (Lipinski definition) is 1. The Morgan fingerprint density at radius 2 is 1.77 bits per heavy atom. The number of fused-ring (bicyclic) bond motifs is 3. The molecule has 0 bridgehead atoms. The van der Waals surface area contributed by atoms with Crippen molar-refractivity contribution < 1.29 is 4.79 Å². The van der Waals surface area contributed by atoms with Gasteiger partial charge < -0.3 is 5.32 Å². The lowest BCUT2D eigenvalue weighted by molar-refractivity contribution is -0.120. The van der Waals surface area contributed by atoms with Crippen molar-refractivity contribution in [1.82, 2.24) is 0 Å². The summed E-state index contributed by atoms with van der Waals surface area (Å²) < 4.78 is -0.940. The summed E-state index contributed by atoms with van der Waals surface area (Å²) in [6.07, 6.45) is 1.40. The molecule has 0 heterocycles. The summed E-state index contributed by atoms with van der Waals surface area (Å²) in [5.41, 5.74) is 5.20. The molecule has 1 N–H and O–H groups in total. The van der Waals surface area contributed by atoms with Gasteiger partial charge in [0, 0.05) is 5.69 Å². The van der Waals surface area contributed by atoms with Crippen molar-refractivity contribution in [3.8, 4) is 11.1 Å². The average molecular weight is 332 g/mol. The molecule has 0 aliphatic heterocycles. The highest BCUT2D eigenvalue weighted by atomic mass is 35.5. The number of amides is 1. The van der Waals surface area contributed by atoms with Crippen molar-refractivity contribution in [2.45, 2.75) is 24.1 Å². The van der Waals surface area contributed by atoms with E-state index in [4.69, 9.17) is 23.2 Å². The molecule has 1 unspecified atom stereocenters. The zero-order valence-electron chi connectivity index (χ0n) is 12.1. The summed E-state index contributed by atoms with van der Waals surface area (Å²) in [6, 6.07) is 14.5. The molecule has 1 atom stereocenters. The van der Waals surface area contributed by atoms with Gasteiger partial charge in [-0.1, -0.05) is 30.3 Å². The number of rotatable bonds is 2. The molecule has 0 radical (unpaired) electrons. The van der Waals surface area contributed by atoms with Crippen LogP contribution in [-0.4, -0.2) is 10.2 Å². The molecule has 4 heteroatoms. The standard InChI is InChI=1S/C18H15Cl2NO/c1-17(10-18(17,19)20)16(22)21-13-6-7-15-12(9-13)8-11-4-2-3-5-14(11)15/h2-7,9H,8,10H2,1H3,(H,21,22). The Morgan fingerprint density at radius 3 is 2.50 bits per heavy atom. The molecule has 1 fully saturated rings. The normalized spacial score (nSPS) is 23.6. The second-order valence-electron chi connectivity index (χ2n) is 6.37. The summed E-state index contributed by atoms with van der Waals surface area (Å²) in [4.78, 5) is 12.4. The SMILES string of the molecule is CC1(C(=O)Nc2ccc3c(c2)Cc2ccccc2-3)CC1(Cl)Cl. The molecular weight excluding hydrogens is 317 g/mol. The van der Waals surface area contributed by atoms with Crippen LogP contribution in [0.3, 0.4) is 0 Å². The third-order valence-electron chi connectivity index (χ3n) is 4.81. The maximum absolute atomic E-state index is 12.4. The number of hydrogen-bond acceptors (Lipinski definition) is 1. The fraction of sp³-hybridized carbons (Fsp3) is 0.278. The van der Waals surface area contributed by atoms with Crippen molar-refractivity contribution in [2.24, 2.45) is 5.41 Å². The molecule has 0 spiro atoms. The van der Waals surface area contributed by atoms with E-state index in [1.54, 1.807) is 6.92 Å². The first-order valence-electron chi connectivity index (χ1n) is 7.31. The molecule has 112 valence electrons. The Bertz CT molecular complexity index is 799. The van der Waals surface area contributed by atoms with E-state index in [1.807, 2.05) is 12.1 Å². The van der Waals surface area contributed by atoms with Gasteiger partial charge in [0.2, 0.25) is 5.91 Å². The zero-order valence-corrected chi connectivity index (χ0v) is 13.6. The van der Waals surface area contributed by atoms with E-state index in [1.165, 1.54) is 22.3 Å². The smallest absolute Gasteiger partial charge is 0.233 e. The van der Waals surface area contributed by atoms with Crippen molar-refractivity contribution >= 4 is 34.8 Å². The molecule has 2 nitrogen and oxygen atoms in total. The maximum atomic E-state index is 12.4. The number of carbonyl (C=O) groups excluding carboxylic acids is 1. The first kappa shape index (κ1) is 14.1. The Kier molecular flexibility index (Phi) is 2.88. The number of carbonyl (C=O) groups is 1. The van der Waals surface area contributed by atoms with Crippen LogP contribution in [-0.2, 0) is 11.2 Å². The molecular formula is C18H15Cl2NO. The third-order valence-corrected chi connectivity index (χ3v) is 5.91. The van der Waals surface area contributed by atoms with Crippen LogP contribution in [0, 0.1) is 5.41 Å². The molecule has 0 saturated heterocycles. The topological polar surface area (TPSA) is 29.1 Å². The number of benzene rings is 2. The van der Waals surface area contributed by atoms with E-state index < -0.39 is 9.75 Å². The van der Waals surface area contributed by atoms with E-state index in [-0.39, 0.29) is 5.91 Å². The second kappa shape index (κ2) is 4.50. The summed E-state index contributed by atoms with van der Waals surface area (Å²) in [7, 11) is 0. The Morgan fingerprint density at radius 1 is 1.09 bits per heavy atom. The molecule has 2 aliphatic rings. The first-order valence-corrected chi connectivity index (χ1v) is 8.07. The Hall–Kier alpha value is -1.51. The Balaban J connectivity index is 1.59. The van der Waals surface area contributed by atoms with Crippen molar-refractivity contribution in [3.63, 3.8) is 0 Å². The van der Waals surface area contributed by atoms with Gasteiger partial charge >= 0.3 is 0 Å². The molecule has 2 aliphatic carbocycles. The molecule has 1 saturated carbocycles. The minimum Gasteiger partial charge on any atom is -0.326 e. The third kappa shape index (κ3) is 1.98. The van der Waals surface area contributed by atoms with Crippen LogP contribution >= 0.6 is 23.2 Å². The summed E-state index contributed by atoms with van der Waals surface area (Å²) in [5.74, 6) is -0.118. The van der Waals surface area contributed by atoms with E-state index in [0.717, 1.165) is 12.1 Å². The van der Waals surface area contributed by atoms with E-state index in [9.17, 15) is 4.79 Å². The number of nitrogens with one attached hydrogen (secondary N) is 1. The van der Waals surface area contributed by atoms with Gasteiger partial charge in [0.05, 0.1) is 5.41 Å². The molecule has 2 aromatic carbocycles. The fourth-order valence-electron chi connectivity index (χ4n) is 3.14. The van der Waals surface area contributed by atoms with Crippen LogP contribution in [0.1, 0.15) is 24.5 Å². The maximum Gasteiger partial charge on any atom is 0.233 e. The monoisotopic (exact) mass is 331 g/mol. The lowest BCUT2D eigenvalue weighted by atomic mass is 10.0. The predicted octanol–water partition coefficient (Wildman–Crippen LogP) is 4.78. The number of halogens is 2. The zero-order chi connectivity index (χ0) is 15.5. The van der Waals surface area contributed by atoms with E-state index in [0.29, 0.717) is 6.42 Å². The van der Waals surface area contributed by atoms with Crippen LogP contribution in [0.4, 0.5) is 5.69 Å². The van der Waals surface area contributed by atoms with Gasteiger partial charge in [-0.3, -0.25) is 4.79 Å². The lowest BCUT2D eigenvalue weighted by Gasteiger charge is -2.13. The van der Waals surface area contributed by atoms with Crippen LogP contribution in [0.5, 0.6) is 0 Å². The highest BCUT2D eigenvalue weighted by molar-refractivity contribution is 6.53. The lowest BCUT2D eigenvalue weighted by Crippen LogP contribution is -2.25. The highest BCUT2D eigenvalue weighted by Gasteiger charge is 2.67. The minimum atomic E-state index is -0.940. The second-order valence-corrected chi connectivity index (χ2v) is 7.86. The van der Waals surface area contributed by atoms with Crippen LogP contribution in [0.15, 0.2) is 42.5 Å².